The Morgan fingerprint density at radius 2 is 1.72 bits per heavy atom. The van der Waals surface area contributed by atoms with Crippen LogP contribution in [0.15, 0.2) is 89.6 Å². The number of rotatable bonds is 8. The molecule has 5 aromatic rings. The molecule has 0 aliphatic rings. The standard InChI is InChI=1S/C32H28FN3O3/c1-19(2)17-36-32(38)26-15-20(5-11-25(26)23-4-3-13-35-18-23)14-21-6-12-28-27(16-21)29(31(34)37)30(39-28)22-7-9-24(33)10-8-22/h3-13,15-16,18-19H,14,17H2,1-2H3,(H2,34,37)(H,36,38). The second kappa shape index (κ2) is 10.9. The van der Waals surface area contributed by atoms with E-state index >= 15 is 0 Å². The Labute approximate surface area is 225 Å². The largest absolute Gasteiger partial charge is 0.455 e. The quantitative estimate of drug-likeness (QED) is 0.248. The Bertz CT molecular complexity index is 1660. The average Bonchev–Trinajstić information content (AvgIpc) is 3.31. The van der Waals surface area contributed by atoms with Crippen molar-refractivity contribution in [3.63, 3.8) is 0 Å². The van der Waals surface area contributed by atoms with Crippen molar-refractivity contribution in [1.29, 1.82) is 0 Å². The van der Waals surface area contributed by atoms with Crippen molar-refractivity contribution in [2.75, 3.05) is 6.54 Å². The molecule has 0 radical (unpaired) electrons. The van der Waals surface area contributed by atoms with Gasteiger partial charge in [0.2, 0.25) is 0 Å². The Morgan fingerprint density at radius 3 is 2.41 bits per heavy atom. The molecule has 2 aromatic heterocycles. The summed E-state index contributed by atoms with van der Waals surface area (Å²) in [7, 11) is 0. The van der Waals surface area contributed by atoms with Crippen molar-refractivity contribution >= 4 is 22.8 Å². The first-order valence-electron chi connectivity index (χ1n) is 12.7. The van der Waals surface area contributed by atoms with Crippen LogP contribution in [-0.4, -0.2) is 23.3 Å². The second-order valence-corrected chi connectivity index (χ2v) is 9.91. The average molecular weight is 522 g/mol. The van der Waals surface area contributed by atoms with E-state index in [-0.39, 0.29) is 17.3 Å². The van der Waals surface area contributed by atoms with Crippen LogP contribution in [0.3, 0.4) is 0 Å². The Balaban J connectivity index is 1.52. The van der Waals surface area contributed by atoms with Gasteiger partial charge >= 0.3 is 0 Å². The molecule has 0 aliphatic heterocycles. The first-order chi connectivity index (χ1) is 18.8. The highest BCUT2D eigenvalue weighted by atomic mass is 19.1. The molecule has 2 amide bonds. The van der Waals surface area contributed by atoms with Gasteiger partial charge in [-0.25, -0.2) is 4.39 Å². The Hall–Kier alpha value is -4.78. The van der Waals surface area contributed by atoms with E-state index in [0.29, 0.717) is 46.7 Å². The van der Waals surface area contributed by atoms with Gasteiger partial charge in [0.05, 0.1) is 5.56 Å². The van der Waals surface area contributed by atoms with Gasteiger partial charge in [-0.1, -0.05) is 38.1 Å². The molecular formula is C32H28FN3O3. The van der Waals surface area contributed by atoms with Crippen molar-refractivity contribution < 1.29 is 18.4 Å². The van der Waals surface area contributed by atoms with Gasteiger partial charge in [0.25, 0.3) is 11.8 Å². The van der Waals surface area contributed by atoms with Crippen LogP contribution in [0.25, 0.3) is 33.4 Å². The highest BCUT2D eigenvalue weighted by Gasteiger charge is 2.21. The number of furan rings is 1. The lowest BCUT2D eigenvalue weighted by Crippen LogP contribution is -2.27. The summed E-state index contributed by atoms with van der Waals surface area (Å²) in [6.07, 6.45) is 3.96. The van der Waals surface area contributed by atoms with Crippen LogP contribution in [0.4, 0.5) is 4.39 Å². The van der Waals surface area contributed by atoms with E-state index in [9.17, 15) is 14.0 Å². The molecule has 0 saturated carbocycles. The summed E-state index contributed by atoms with van der Waals surface area (Å²) in [5.41, 5.74) is 11.1. The second-order valence-electron chi connectivity index (χ2n) is 9.91. The molecule has 3 aromatic carbocycles. The van der Waals surface area contributed by atoms with Gasteiger partial charge in [0.1, 0.15) is 17.2 Å². The van der Waals surface area contributed by atoms with Crippen molar-refractivity contribution in [1.82, 2.24) is 10.3 Å². The van der Waals surface area contributed by atoms with Crippen LogP contribution in [0, 0.1) is 11.7 Å². The molecule has 0 saturated heterocycles. The number of fused-ring (bicyclic) bond motifs is 1. The lowest BCUT2D eigenvalue weighted by molar-refractivity contribution is 0.0948. The number of nitrogens with zero attached hydrogens (tertiary/aromatic N) is 1. The van der Waals surface area contributed by atoms with Crippen LogP contribution in [-0.2, 0) is 6.42 Å². The summed E-state index contributed by atoms with van der Waals surface area (Å²) < 4.78 is 19.4. The summed E-state index contributed by atoms with van der Waals surface area (Å²) in [6.45, 7) is 4.66. The molecule has 3 N–H and O–H groups in total. The number of hydrogen-bond donors (Lipinski definition) is 2. The van der Waals surface area contributed by atoms with Crippen LogP contribution in [0.5, 0.6) is 0 Å². The number of carbonyl (C=O) groups excluding carboxylic acids is 2. The third kappa shape index (κ3) is 5.57. The molecule has 0 unspecified atom stereocenters. The lowest BCUT2D eigenvalue weighted by atomic mass is 9.94. The predicted molar refractivity (Wildman–Crippen MR) is 150 cm³/mol. The summed E-state index contributed by atoms with van der Waals surface area (Å²) >= 11 is 0. The SMILES string of the molecule is CC(C)CNC(=O)c1cc(Cc2ccc3oc(-c4ccc(F)cc4)c(C(N)=O)c3c2)ccc1-c1cccnc1. The highest BCUT2D eigenvalue weighted by molar-refractivity contribution is 6.10. The number of amides is 2. The molecule has 0 aliphatic carbocycles. The minimum Gasteiger partial charge on any atom is -0.455 e. The van der Waals surface area contributed by atoms with Gasteiger partial charge in [0.15, 0.2) is 0 Å². The molecule has 0 spiro atoms. The number of nitrogens with one attached hydrogen (secondary N) is 1. The highest BCUT2D eigenvalue weighted by Crippen LogP contribution is 2.35. The van der Waals surface area contributed by atoms with Crippen LogP contribution < -0.4 is 11.1 Å². The number of carbonyl (C=O) groups is 2. The number of nitrogens with two attached hydrogens (primary N) is 1. The third-order valence-corrected chi connectivity index (χ3v) is 6.49. The van der Waals surface area contributed by atoms with Gasteiger partial charge in [-0.2, -0.15) is 0 Å². The molecule has 0 fully saturated rings. The molecule has 0 bridgehead atoms. The molecule has 39 heavy (non-hydrogen) atoms. The van der Waals surface area contributed by atoms with Crippen molar-refractivity contribution in [2.45, 2.75) is 20.3 Å². The normalized spacial score (nSPS) is 11.2. The molecule has 5 rings (SSSR count). The summed E-state index contributed by atoms with van der Waals surface area (Å²) in [5, 5.41) is 3.60. The molecule has 2 heterocycles. The fourth-order valence-electron chi connectivity index (χ4n) is 4.59. The summed E-state index contributed by atoms with van der Waals surface area (Å²) in [5.74, 6) is -0.533. The monoisotopic (exact) mass is 521 g/mol. The smallest absolute Gasteiger partial charge is 0.253 e. The topological polar surface area (TPSA) is 98.2 Å². The van der Waals surface area contributed by atoms with Gasteiger partial charge in [-0.15, -0.1) is 0 Å². The number of primary amides is 1. The van der Waals surface area contributed by atoms with Crippen molar-refractivity contribution in [3.05, 3.63) is 113 Å². The van der Waals surface area contributed by atoms with E-state index in [1.54, 1.807) is 30.6 Å². The van der Waals surface area contributed by atoms with E-state index in [1.807, 2.05) is 56.3 Å². The zero-order valence-electron chi connectivity index (χ0n) is 21.7. The molecule has 6 nitrogen and oxygen atoms in total. The maximum atomic E-state index is 13.5. The minimum absolute atomic E-state index is 0.144. The number of aromatic nitrogens is 1. The van der Waals surface area contributed by atoms with Crippen LogP contribution >= 0.6 is 0 Å². The van der Waals surface area contributed by atoms with E-state index in [1.165, 1.54) is 12.1 Å². The number of halogens is 1. The zero-order valence-corrected chi connectivity index (χ0v) is 21.7. The van der Waals surface area contributed by atoms with E-state index in [2.05, 4.69) is 10.3 Å². The third-order valence-electron chi connectivity index (χ3n) is 6.49. The molecular weight excluding hydrogens is 493 g/mol. The number of benzene rings is 3. The van der Waals surface area contributed by atoms with Gasteiger partial charge in [0, 0.05) is 41.0 Å². The molecule has 196 valence electrons. The van der Waals surface area contributed by atoms with Gasteiger partial charge < -0.3 is 15.5 Å². The van der Waals surface area contributed by atoms with E-state index in [0.717, 1.165) is 22.3 Å². The maximum Gasteiger partial charge on any atom is 0.253 e. The lowest BCUT2D eigenvalue weighted by Gasteiger charge is -2.14. The molecule has 7 heteroatoms. The fraction of sp³-hybridized carbons (Fsp3) is 0.156. The summed E-state index contributed by atoms with van der Waals surface area (Å²) in [4.78, 5) is 29.8. The van der Waals surface area contributed by atoms with Gasteiger partial charge in [-0.05, 0) is 77.6 Å². The number of hydrogen-bond acceptors (Lipinski definition) is 4. The molecule has 0 atom stereocenters. The summed E-state index contributed by atoms with van der Waals surface area (Å²) in [6, 6.07) is 20.9. The Kier molecular flexibility index (Phi) is 7.23. The van der Waals surface area contributed by atoms with Crippen LogP contribution in [0.2, 0.25) is 0 Å². The minimum atomic E-state index is -0.629. The Morgan fingerprint density at radius 1 is 0.974 bits per heavy atom. The van der Waals surface area contributed by atoms with Crippen LogP contribution in [0.1, 0.15) is 45.7 Å². The zero-order chi connectivity index (χ0) is 27.5. The van der Waals surface area contributed by atoms with E-state index < -0.39 is 5.91 Å². The first-order valence-corrected chi connectivity index (χ1v) is 12.7. The van der Waals surface area contributed by atoms with E-state index in [4.69, 9.17) is 10.2 Å². The fourth-order valence-corrected chi connectivity index (χ4v) is 4.59. The van der Waals surface area contributed by atoms with Crippen molar-refractivity contribution in [3.8, 4) is 22.5 Å². The first kappa shape index (κ1) is 25.9. The number of pyridine rings is 1. The maximum absolute atomic E-state index is 13.5. The predicted octanol–water partition coefficient (Wildman–Crippen LogP) is 6.38. The van der Waals surface area contributed by atoms with Gasteiger partial charge in [-0.3, -0.25) is 14.6 Å². The van der Waals surface area contributed by atoms with Crippen molar-refractivity contribution in [2.24, 2.45) is 11.7 Å².